The molecule has 4 nitrogen and oxygen atoms in total. The molecule has 0 saturated heterocycles. The van der Waals surface area contributed by atoms with Gasteiger partial charge in [-0.15, -0.1) is 0 Å². The third-order valence-corrected chi connectivity index (χ3v) is 2.87. The predicted molar refractivity (Wildman–Crippen MR) is 56.1 cm³/mol. The summed E-state index contributed by atoms with van der Waals surface area (Å²) in [5, 5.41) is 3.05. The van der Waals surface area contributed by atoms with Gasteiger partial charge in [0.05, 0.1) is 6.42 Å². The van der Waals surface area contributed by atoms with Crippen LogP contribution in [0.1, 0.15) is 32.0 Å². The summed E-state index contributed by atoms with van der Waals surface area (Å²) in [5.74, 6) is 0.613. The van der Waals surface area contributed by atoms with Crippen LogP contribution in [0.25, 0.3) is 0 Å². The zero-order valence-corrected chi connectivity index (χ0v) is 8.86. The minimum absolute atomic E-state index is 0.0283. The van der Waals surface area contributed by atoms with Crippen molar-refractivity contribution in [1.29, 1.82) is 0 Å². The van der Waals surface area contributed by atoms with Crippen molar-refractivity contribution in [2.24, 2.45) is 0 Å². The highest BCUT2D eigenvalue weighted by Gasteiger charge is 2.41. The maximum atomic E-state index is 11.6. The van der Waals surface area contributed by atoms with Crippen molar-refractivity contribution in [2.75, 3.05) is 0 Å². The van der Waals surface area contributed by atoms with Gasteiger partial charge in [0.15, 0.2) is 0 Å². The summed E-state index contributed by atoms with van der Waals surface area (Å²) in [4.78, 5) is 19.7. The summed E-state index contributed by atoms with van der Waals surface area (Å²) < 4.78 is 0. The normalized spacial score (nSPS) is 17.1. The Kier molecular flexibility index (Phi) is 2.66. The predicted octanol–water partition coefficient (Wildman–Crippen LogP) is 1.08. The SMILES string of the molecule is CCC1(NC(=O)Cc2ncccn2)CC1. The van der Waals surface area contributed by atoms with Crippen LogP contribution in [0, 0.1) is 0 Å². The topological polar surface area (TPSA) is 54.9 Å². The number of nitrogens with zero attached hydrogens (tertiary/aromatic N) is 2. The van der Waals surface area contributed by atoms with Crippen molar-refractivity contribution in [3.63, 3.8) is 0 Å². The Morgan fingerprint density at radius 2 is 2.13 bits per heavy atom. The molecule has 4 heteroatoms. The van der Waals surface area contributed by atoms with Crippen LogP contribution in [-0.4, -0.2) is 21.4 Å². The molecule has 1 aromatic heterocycles. The fraction of sp³-hybridized carbons (Fsp3) is 0.545. The van der Waals surface area contributed by atoms with Crippen LogP contribution in [0.3, 0.4) is 0 Å². The molecule has 1 aromatic rings. The van der Waals surface area contributed by atoms with Gasteiger partial charge in [0.1, 0.15) is 5.82 Å². The van der Waals surface area contributed by atoms with E-state index in [-0.39, 0.29) is 17.9 Å². The lowest BCUT2D eigenvalue weighted by atomic mass is 10.2. The maximum Gasteiger partial charge on any atom is 0.228 e. The molecule has 0 radical (unpaired) electrons. The van der Waals surface area contributed by atoms with E-state index in [1.54, 1.807) is 18.5 Å². The largest absolute Gasteiger partial charge is 0.350 e. The van der Waals surface area contributed by atoms with Crippen molar-refractivity contribution in [1.82, 2.24) is 15.3 Å². The minimum atomic E-state index is 0.0283. The van der Waals surface area contributed by atoms with Crippen LogP contribution in [-0.2, 0) is 11.2 Å². The van der Waals surface area contributed by atoms with Gasteiger partial charge in [0.2, 0.25) is 5.91 Å². The first kappa shape index (κ1) is 10.1. The Labute approximate surface area is 89.1 Å². The second-order valence-corrected chi connectivity index (χ2v) is 4.02. The van der Waals surface area contributed by atoms with E-state index >= 15 is 0 Å². The zero-order chi connectivity index (χ0) is 10.7. The lowest BCUT2D eigenvalue weighted by Gasteiger charge is -2.14. The number of hydrogen-bond donors (Lipinski definition) is 1. The third kappa shape index (κ3) is 2.52. The van der Waals surface area contributed by atoms with E-state index in [1.165, 1.54) is 0 Å². The highest BCUT2D eigenvalue weighted by atomic mass is 16.1. The van der Waals surface area contributed by atoms with E-state index in [9.17, 15) is 4.79 Å². The molecule has 0 bridgehead atoms. The molecule has 1 saturated carbocycles. The first-order chi connectivity index (χ1) is 7.24. The van der Waals surface area contributed by atoms with Gasteiger partial charge in [-0.2, -0.15) is 0 Å². The molecule has 0 spiro atoms. The number of rotatable bonds is 4. The zero-order valence-electron chi connectivity index (χ0n) is 8.86. The molecule has 0 aliphatic heterocycles. The molecular weight excluding hydrogens is 190 g/mol. The van der Waals surface area contributed by atoms with Gasteiger partial charge in [-0.3, -0.25) is 4.79 Å². The van der Waals surface area contributed by atoms with Crippen molar-refractivity contribution >= 4 is 5.91 Å². The molecule has 1 N–H and O–H groups in total. The summed E-state index contributed by atoms with van der Waals surface area (Å²) in [6.07, 6.45) is 6.80. The van der Waals surface area contributed by atoms with Crippen molar-refractivity contribution in [2.45, 2.75) is 38.1 Å². The smallest absolute Gasteiger partial charge is 0.228 e. The van der Waals surface area contributed by atoms with Gasteiger partial charge in [-0.1, -0.05) is 6.92 Å². The first-order valence-electron chi connectivity index (χ1n) is 5.31. The van der Waals surface area contributed by atoms with Gasteiger partial charge in [0.25, 0.3) is 0 Å². The summed E-state index contributed by atoms with van der Waals surface area (Å²) >= 11 is 0. The van der Waals surface area contributed by atoms with Gasteiger partial charge < -0.3 is 5.32 Å². The Hall–Kier alpha value is -1.45. The highest BCUT2D eigenvalue weighted by molar-refractivity contribution is 5.78. The molecule has 15 heavy (non-hydrogen) atoms. The fourth-order valence-electron chi connectivity index (χ4n) is 1.62. The molecule has 0 atom stereocenters. The quantitative estimate of drug-likeness (QED) is 0.800. The van der Waals surface area contributed by atoms with Crippen LogP contribution >= 0.6 is 0 Å². The Morgan fingerprint density at radius 3 is 2.67 bits per heavy atom. The summed E-state index contributed by atoms with van der Waals surface area (Å²) in [6.45, 7) is 2.10. The first-order valence-corrected chi connectivity index (χ1v) is 5.31. The molecule has 1 aliphatic rings. The second-order valence-electron chi connectivity index (χ2n) is 4.02. The van der Waals surface area contributed by atoms with E-state index in [0.29, 0.717) is 5.82 Å². The minimum Gasteiger partial charge on any atom is -0.350 e. The molecule has 1 amide bonds. The maximum absolute atomic E-state index is 11.6. The lowest BCUT2D eigenvalue weighted by molar-refractivity contribution is -0.121. The summed E-state index contributed by atoms with van der Waals surface area (Å²) in [5.41, 5.74) is 0.0892. The van der Waals surface area contributed by atoms with E-state index in [1.807, 2.05) is 0 Å². The van der Waals surface area contributed by atoms with E-state index in [4.69, 9.17) is 0 Å². The second kappa shape index (κ2) is 3.96. The number of hydrogen-bond acceptors (Lipinski definition) is 3. The molecular formula is C11H15N3O. The molecule has 0 unspecified atom stereocenters. The third-order valence-electron chi connectivity index (χ3n) is 2.87. The average Bonchev–Trinajstić information content (AvgIpc) is 3.00. The van der Waals surface area contributed by atoms with Gasteiger partial charge >= 0.3 is 0 Å². The Morgan fingerprint density at radius 1 is 1.47 bits per heavy atom. The standard InChI is InChI=1S/C11H15N3O/c1-2-11(4-5-11)14-10(15)8-9-12-6-3-7-13-9/h3,6-7H,2,4-5,8H2,1H3,(H,14,15). The lowest BCUT2D eigenvalue weighted by Crippen LogP contribution is -2.37. The number of carbonyl (C=O) groups excluding carboxylic acids is 1. The number of carbonyl (C=O) groups is 1. The molecule has 0 aromatic carbocycles. The summed E-state index contributed by atoms with van der Waals surface area (Å²) in [7, 11) is 0. The fourth-order valence-corrected chi connectivity index (χ4v) is 1.62. The van der Waals surface area contributed by atoms with E-state index < -0.39 is 0 Å². The van der Waals surface area contributed by atoms with E-state index in [2.05, 4.69) is 22.2 Å². The van der Waals surface area contributed by atoms with Crippen LogP contribution < -0.4 is 5.32 Å². The molecule has 1 fully saturated rings. The van der Waals surface area contributed by atoms with Crippen LogP contribution in [0.15, 0.2) is 18.5 Å². The molecule has 1 aliphatic carbocycles. The van der Waals surface area contributed by atoms with Crippen molar-refractivity contribution < 1.29 is 4.79 Å². The van der Waals surface area contributed by atoms with Gasteiger partial charge in [0, 0.05) is 17.9 Å². The average molecular weight is 205 g/mol. The van der Waals surface area contributed by atoms with Crippen LogP contribution in [0.4, 0.5) is 0 Å². The van der Waals surface area contributed by atoms with Gasteiger partial charge in [-0.05, 0) is 25.3 Å². The number of aromatic nitrogens is 2. The molecule has 80 valence electrons. The van der Waals surface area contributed by atoms with Crippen LogP contribution in [0.5, 0.6) is 0 Å². The van der Waals surface area contributed by atoms with Crippen molar-refractivity contribution in [3.05, 3.63) is 24.3 Å². The number of nitrogens with one attached hydrogen (secondary N) is 1. The monoisotopic (exact) mass is 205 g/mol. The molecule has 2 rings (SSSR count). The van der Waals surface area contributed by atoms with Gasteiger partial charge in [-0.25, -0.2) is 9.97 Å². The summed E-state index contributed by atoms with van der Waals surface area (Å²) in [6, 6.07) is 1.75. The van der Waals surface area contributed by atoms with Crippen LogP contribution in [0.2, 0.25) is 0 Å². The molecule has 1 heterocycles. The Balaban J connectivity index is 1.88. The number of amides is 1. The Bertz CT molecular complexity index is 346. The van der Waals surface area contributed by atoms with E-state index in [0.717, 1.165) is 19.3 Å². The highest BCUT2D eigenvalue weighted by Crippen LogP contribution is 2.38. The van der Waals surface area contributed by atoms with Crippen molar-refractivity contribution in [3.8, 4) is 0 Å².